The monoisotopic (exact) mass is 925 g/mol. The normalized spacial score (nSPS) is 12.9. The van der Waals surface area contributed by atoms with Gasteiger partial charge < -0.3 is 57.0 Å². The highest BCUT2D eigenvalue weighted by molar-refractivity contribution is 6.10. The van der Waals surface area contributed by atoms with Gasteiger partial charge in [-0.15, -0.1) is 0 Å². The smallest absolute Gasteiger partial charge is 0.408 e. The highest BCUT2D eigenvalue weighted by Gasteiger charge is 2.30. The number of hydrogen-bond acceptors (Lipinski definition) is 10. The molecule has 19 heteroatoms. The number of H-pyrrole nitrogens is 1. The number of rotatable bonds is 23. The third kappa shape index (κ3) is 14.6. The number of urea groups is 1. The molecule has 1 aliphatic heterocycles. The van der Waals surface area contributed by atoms with E-state index in [2.05, 4.69) is 43.5 Å². The lowest BCUT2D eigenvalue weighted by atomic mass is 9.99. The van der Waals surface area contributed by atoms with E-state index >= 15 is 0 Å². The third-order valence-corrected chi connectivity index (χ3v) is 11.0. The van der Waals surface area contributed by atoms with Crippen LogP contribution in [0.5, 0.6) is 0 Å². The first-order chi connectivity index (χ1) is 32.0. The summed E-state index contributed by atoms with van der Waals surface area (Å²) in [6, 6.07) is 12.1. The molecule has 5 rings (SSSR count). The number of ketones is 1. The molecule has 1 aliphatic rings. The quantitative estimate of drug-likeness (QED) is 0.0279. The number of nitrogens with zero attached hydrogens (tertiary/aromatic N) is 1. The third-order valence-electron chi connectivity index (χ3n) is 11.0. The lowest BCUT2D eigenvalue weighted by Gasteiger charge is -2.25. The minimum atomic E-state index is -1.14. The van der Waals surface area contributed by atoms with E-state index in [-0.39, 0.29) is 74.4 Å². The van der Waals surface area contributed by atoms with Crippen LogP contribution in [0, 0.1) is 11.7 Å². The number of primary amides is 1. The van der Waals surface area contributed by atoms with Gasteiger partial charge >= 0.3 is 18.2 Å². The summed E-state index contributed by atoms with van der Waals surface area (Å²) in [5.74, 6) is -2.71. The number of ether oxygens (including phenoxy) is 2. The molecule has 4 aromatic rings. The maximum absolute atomic E-state index is 14.4. The van der Waals surface area contributed by atoms with E-state index in [0.29, 0.717) is 54.4 Å². The molecule has 0 fully saturated rings. The van der Waals surface area contributed by atoms with E-state index in [1.807, 2.05) is 43.3 Å². The van der Waals surface area contributed by atoms with Crippen molar-refractivity contribution in [1.82, 2.24) is 36.5 Å². The van der Waals surface area contributed by atoms with Crippen LogP contribution < -0.4 is 37.6 Å². The fraction of sp³-hybridized carbons (Fsp3) is 0.396. The Morgan fingerprint density at radius 2 is 1.69 bits per heavy atom. The molecule has 18 nitrogen and oxygen atoms in total. The largest absolute Gasteiger partial charge is 0.445 e. The van der Waals surface area contributed by atoms with E-state index in [4.69, 9.17) is 15.2 Å². The second-order valence-corrected chi connectivity index (χ2v) is 16.7. The maximum atomic E-state index is 14.4. The van der Waals surface area contributed by atoms with Gasteiger partial charge in [0.25, 0.3) is 5.91 Å². The van der Waals surface area contributed by atoms with E-state index in [9.17, 15) is 38.0 Å². The summed E-state index contributed by atoms with van der Waals surface area (Å²) in [4.78, 5) is 95.2. The SMILES string of the molecule is C=CCOC(=O)N[C@H](C(=O)N[C@@H](CCCNC(N)=O)C(=O)Nc1ccc(COC(=O)NCCc2ccc(-c3[nH]c4cc(F)cc5c4c3CCNC5=O)cc2)c(C(=O)CCCN(C)C)c1)C(C)C. The van der Waals surface area contributed by atoms with Gasteiger partial charge in [-0.1, -0.05) is 56.8 Å². The van der Waals surface area contributed by atoms with E-state index in [1.54, 1.807) is 26.0 Å². The summed E-state index contributed by atoms with van der Waals surface area (Å²) in [6.07, 6.45) is 1.95. The second-order valence-electron chi connectivity index (χ2n) is 16.7. The number of amides is 7. The molecule has 7 amide bonds. The number of Topliss-reactive ketones (excluding diaryl/α,β-unsaturated/α-hetero) is 1. The number of nitrogens with one attached hydrogen (secondary N) is 7. The summed E-state index contributed by atoms with van der Waals surface area (Å²) in [6.45, 7) is 8.06. The minimum absolute atomic E-state index is 0.0706. The Hall–Kier alpha value is -7.28. The van der Waals surface area contributed by atoms with Crippen molar-refractivity contribution in [3.05, 3.63) is 101 Å². The maximum Gasteiger partial charge on any atom is 0.408 e. The van der Waals surface area contributed by atoms with E-state index < -0.39 is 47.9 Å². The molecule has 0 spiro atoms. The van der Waals surface area contributed by atoms with Crippen LogP contribution in [-0.4, -0.2) is 111 Å². The zero-order chi connectivity index (χ0) is 48.6. The molecule has 0 saturated carbocycles. The fourth-order valence-corrected chi connectivity index (χ4v) is 7.62. The summed E-state index contributed by atoms with van der Waals surface area (Å²) in [5.41, 5.74) is 10.5. The van der Waals surface area contributed by atoms with Gasteiger partial charge in [-0.2, -0.15) is 0 Å². The van der Waals surface area contributed by atoms with Crippen molar-refractivity contribution >= 4 is 58.3 Å². The predicted octanol–water partition coefficient (Wildman–Crippen LogP) is 5.06. The van der Waals surface area contributed by atoms with Crippen LogP contribution in [0.1, 0.15) is 76.9 Å². The van der Waals surface area contributed by atoms with Gasteiger partial charge in [-0.3, -0.25) is 19.2 Å². The Bertz CT molecular complexity index is 2450. The van der Waals surface area contributed by atoms with Crippen LogP contribution in [0.3, 0.4) is 0 Å². The number of benzene rings is 3. The van der Waals surface area contributed by atoms with Crippen molar-refractivity contribution in [3.63, 3.8) is 0 Å². The van der Waals surface area contributed by atoms with Gasteiger partial charge in [0, 0.05) is 59.5 Å². The Morgan fingerprint density at radius 1 is 0.925 bits per heavy atom. The number of aromatic nitrogens is 1. The number of carbonyl (C=O) groups excluding carboxylic acids is 7. The zero-order valence-corrected chi connectivity index (χ0v) is 38.3. The van der Waals surface area contributed by atoms with Crippen LogP contribution in [0.15, 0.2) is 67.3 Å². The molecule has 358 valence electrons. The zero-order valence-electron chi connectivity index (χ0n) is 38.3. The summed E-state index contributed by atoms with van der Waals surface area (Å²) < 4.78 is 24.9. The topological polar surface area (TPSA) is 255 Å². The molecule has 0 bridgehead atoms. The second kappa shape index (κ2) is 24.3. The predicted molar refractivity (Wildman–Crippen MR) is 251 cm³/mol. The van der Waals surface area contributed by atoms with Gasteiger partial charge in [0.15, 0.2) is 5.78 Å². The van der Waals surface area contributed by atoms with Gasteiger partial charge in [0.2, 0.25) is 11.8 Å². The average Bonchev–Trinajstić information content (AvgIpc) is 3.55. The van der Waals surface area contributed by atoms with Gasteiger partial charge in [0.05, 0.1) is 5.56 Å². The molecule has 2 heterocycles. The van der Waals surface area contributed by atoms with Gasteiger partial charge in [-0.05, 0) is 99.6 Å². The molecule has 3 aromatic carbocycles. The van der Waals surface area contributed by atoms with Crippen LogP contribution in [0.2, 0.25) is 0 Å². The van der Waals surface area contributed by atoms with Crippen LogP contribution in [0.4, 0.5) is 24.5 Å². The van der Waals surface area contributed by atoms with Crippen molar-refractivity contribution in [2.24, 2.45) is 11.7 Å². The molecule has 0 aliphatic carbocycles. The molecular weight excluding hydrogens is 866 g/mol. The Balaban J connectivity index is 1.23. The van der Waals surface area contributed by atoms with Crippen LogP contribution in [0.25, 0.3) is 22.2 Å². The van der Waals surface area contributed by atoms with Crippen molar-refractivity contribution < 1.29 is 47.4 Å². The Labute approximate surface area is 388 Å². The van der Waals surface area contributed by atoms with Crippen LogP contribution >= 0.6 is 0 Å². The lowest BCUT2D eigenvalue weighted by Crippen LogP contribution is -2.54. The first kappa shape index (κ1) is 50.7. The van der Waals surface area contributed by atoms with E-state index in [0.717, 1.165) is 22.4 Å². The number of anilines is 1. The molecule has 9 N–H and O–H groups in total. The lowest BCUT2D eigenvalue weighted by molar-refractivity contribution is -0.128. The highest BCUT2D eigenvalue weighted by Crippen LogP contribution is 2.35. The Morgan fingerprint density at radius 3 is 2.39 bits per heavy atom. The summed E-state index contributed by atoms with van der Waals surface area (Å²) in [5, 5.41) is 16.7. The fourth-order valence-electron chi connectivity index (χ4n) is 7.62. The highest BCUT2D eigenvalue weighted by atomic mass is 19.1. The summed E-state index contributed by atoms with van der Waals surface area (Å²) in [7, 11) is 3.79. The van der Waals surface area contributed by atoms with Gasteiger partial charge in [-0.25, -0.2) is 18.8 Å². The van der Waals surface area contributed by atoms with E-state index in [1.165, 1.54) is 24.3 Å². The number of hydrogen-bond donors (Lipinski definition) is 8. The van der Waals surface area contributed by atoms with Gasteiger partial charge in [0.1, 0.15) is 31.1 Å². The van der Waals surface area contributed by atoms with Crippen molar-refractivity contribution in [2.45, 2.75) is 71.1 Å². The number of alkyl carbamates (subject to hydrolysis) is 2. The number of aromatic amines is 1. The molecule has 0 radical (unpaired) electrons. The van der Waals surface area contributed by atoms with Crippen molar-refractivity contribution in [1.29, 1.82) is 0 Å². The number of carbonyl (C=O) groups is 7. The molecular formula is C48H60FN9O9. The first-order valence-corrected chi connectivity index (χ1v) is 22.2. The Kier molecular flexibility index (Phi) is 18.4. The number of halogens is 1. The average molecular weight is 926 g/mol. The standard InChI is InChI=1S/C48H60FN9O9/c1-6-23-66-48(65)57-41(28(2)3)45(62)56-37(9-7-19-52-46(50)63)44(61)54-33-16-15-31(35(26-33)39(59)10-8-22-58(4)5)27-67-47(64)53-20-17-29-11-13-30(14-12-29)42-34-18-21-51-43(60)36-24-32(49)25-38(55-42)40(34)36/h6,11-16,24-26,28,37,41,55H,1,7-10,17-23,27H2,2-5H3,(H,51,60)(H,53,64)(H,54,61)(H,56,62)(H,57,65)(H3,50,52,63)/t37-,41-/m0/s1. The minimum Gasteiger partial charge on any atom is -0.445 e. The number of nitrogens with two attached hydrogens (primary N) is 1. The molecule has 1 aromatic heterocycles. The molecule has 0 saturated heterocycles. The molecule has 2 atom stereocenters. The molecule has 67 heavy (non-hydrogen) atoms. The van der Waals surface area contributed by atoms with Crippen LogP contribution in [-0.2, 0) is 38.5 Å². The first-order valence-electron chi connectivity index (χ1n) is 22.2. The molecule has 0 unspecified atom stereocenters. The summed E-state index contributed by atoms with van der Waals surface area (Å²) >= 11 is 0. The van der Waals surface area contributed by atoms with Crippen molar-refractivity contribution in [3.8, 4) is 11.3 Å². The van der Waals surface area contributed by atoms with Crippen molar-refractivity contribution in [2.75, 3.05) is 52.2 Å².